The van der Waals surface area contributed by atoms with E-state index in [9.17, 15) is 19.2 Å². The number of hydrogen-bond donors (Lipinski definition) is 3. The summed E-state index contributed by atoms with van der Waals surface area (Å²) < 4.78 is 5.35. The molecule has 1 rings (SSSR count). The summed E-state index contributed by atoms with van der Waals surface area (Å²) in [4.78, 5) is 53.3. The molecule has 3 unspecified atom stereocenters. The van der Waals surface area contributed by atoms with Crippen LogP contribution in [-0.2, 0) is 19.1 Å². The van der Waals surface area contributed by atoms with E-state index in [4.69, 9.17) is 10.5 Å². The summed E-state index contributed by atoms with van der Waals surface area (Å²) in [6.07, 6.45) is 0.763. The fourth-order valence-corrected chi connectivity index (χ4v) is 4.05. The molecule has 1 aromatic carbocycles. The van der Waals surface area contributed by atoms with E-state index in [1.807, 2.05) is 59.7 Å². The first-order valence-corrected chi connectivity index (χ1v) is 13.0. The van der Waals surface area contributed by atoms with Gasteiger partial charge >= 0.3 is 6.09 Å². The number of aryl methyl sites for hydroxylation is 2. The quantitative estimate of drug-likeness (QED) is 0.384. The third kappa shape index (κ3) is 10.4. The van der Waals surface area contributed by atoms with Crippen molar-refractivity contribution < 1.29 is 23.9 Å². The monoisotopic (exact) mass is 518 g/mol. The van der Waals surface area contributed by atoms with Gasteiger partial charge in [-0.2, -0.15) is 0 Å². The second kappa shape index (κ2) is 14.0. The van der Waals surface area contributed by atoms with E-state index in [0.717, 1.165) is 24.0 Å². The molecule has 1 aromatic rings. The first kappa shape index (κ1) is 31.9. The number of alkyl carbamates (subject to hydrolysis) is 1. The minimum Gasteiger partial charge on any atom is -0.444 e. The Balaban J connectivity index is 3.52. The number of rotatable bonds is 12. The van der Waals surface area contributed by atoms with Gasteiger partial charge in [-0.15, -0.1) is 0 Å². The van der Waals surface area contributed by atoms with Crippen LogP contribution in [0, 0.1) is 13.8 Å². The molecule has 3 atom stereocenters. The fourth-order valence-electron chi connectivity index (χ4n) is 4.05. The Kier molecular flexibility index (Phi) is 12.1. The molecule has 4 amide bonds. The van der Waals surface area contributed by atoms with Crippen molar-refractivity contribution in [1.82, 2.24) is 15.5 Å². The molecule has 9 nitrogen and oxygen atoms in total. The van der Waals surface area contributed by atoms with Gasteiger partial charge in [0.05, 0.1) is 0 Å². The summed E-state index contributed by atoms with van der Waals surface area (Å²) in [6, 6.07) is 3.14. The Morgan fingerprint density at radius 1 is 1.00 bits per heavy atom. The summed E-state index contributed by atoms with van der Waals surface area (Å²) in [5.41, 5.74) is 7.29. The molecule has 0 radical (unpaired) electrons. The van der Waals surface area contributed by atoms with Crippen LogP contribution in [0.2, 0.25) is 0 Å². The normalized spacial score (nSPS) is 13.9. The fraction of sp³-hybridized carbons (Fsp3) is 0.643. The van der Waals surface area contributed by atoms with Crippen LogP contribution < -0.4 is 16.4 Å². The molecule has 37 heavy (non-hydrogen) atoms. The predicted octanol–water partition coefficient (Wildman–Crippen LogP) is 4.05. The molecule has 208 valence electrons. The van der Waals surface area contributed by atoms with E-state index in [1.54, 1.807) is 20.8 Å². The van der Waals surface area contributed by atoms with Gasteiger partial charge in [0.25, 0.3) is 0 Å². The lowest BCUT2D eigenvalue weighted by Gasteiger charge is -2.37. The van der Waals surface area contributed by atoms with E-state index in [-0.39, 0.29) is 24.8 Å². The van der Waals surface area contributed by atoms with Crippen LogP contribution in [0.1, 0.15) is 96.9 Å². The van der Waals surface area contributed by atoms with Gasteiger partial charge in [-0.25, -0.2) is 4.79 Å². The Hall–Kier alpha value is -3.10. The number of hydrogen-bond acceptors (Lipinski definition) is 5. The van der Waals surface area contributed by atoms with E-state index < -0.39 is 41.6 Å². The maximum atomic E-state index is 14.0. The van der Waals surface area contributed by atoms with Crippen molar-refractivity contribution in [3.8, 4) is 0 Å². The molecule has 0 aliphatic carbocycles. The lowest BCUT2D eigenvalue weighted by molar-refractivity contribution is -0.145. The van der Waals surface area contributed by atoms with Crippen molar-refractivity contribution in [2.75, 3.05) is 0 Å². The van der Waals surface area contributed by atoms with E-state index in [0.29, 0.717) is 5.56 Å². The van der Waals surface area contributed by atoms with Gasteiger partial charge in [0.2, 0.25) is 17.7 Å². The van der Waals surface area contributed by atoms with Crippen molar-refractivity contribution in [3.05, 3.63) is 34.9 Å². The zero-order valence-electron chi connectivity index (χ0n) is 23.9. The molecule has 0 aliphatic heterocycles. The number of carbonyl (C=O) groups is 4. The number of carbonyl (C=O) groups excluding carboxylic acids is 4. The van der Waals surface area contributed by atoms with Crippen molar-refractivity contribution in [2.24, 2.45) is 5.73 Å². The highest BCUT2D eigenvalue weighted by Gasteiger charge is 2.38. The van der Waals surface area contributed by atoms with Gasteiger partial charge in [-0.05, 0) is 84.9 Å². The van der Waals surface area contributed by atoms with Gasteiger partial charge in [-0.3, -0.25) is 14.4 Å². The largest absolute Gasteiger partial charge is 0.444 e. The number of primary amides is 1. The predicted molar refractivity (Wildman–Crippen MR) is 145 cm³/mol. The number of amides is 4. The van der Waals surface area contributed by atoms with Crippen molar-refractivity contribution in [2.45, 2.75) is 118 Å². The summed E-state index contributed by atoms with van der Waals surface area (Å²) in [6.45, 7) is 16.7. The van der Waals surface area contributed by atoms with E-state index in [1.165, 1.54) is 4.90 Å². The highest BCUT2D eigenvalue weighted by Crippen LogP contribution is 2.27. The number of nitrogens with two attached hydrogens (primary N) is 1. The first-order chi connectivity index (χ1) is 17.1. The third-order valence-electron chi connectivity index (χ3n) is 5.96. The van der Waals surface area contributed by atoms with Crippen LogP contribution in [0.4, 0.5) is 4.79 Å². The zero-order chi connectivity index (χ0) is 28.5. The van der Waals surface area contributed by atoms with Gasteiger partial charge in [0.15, 0.2) is 0 Å². The first-order valence-electron chi connectivity index (χ1n) is 13.0. The van der Waals surface area contributed by atoms with Gasteiger partial charge in [0.1, 0.15) is 17.7 Å². The molecular weight excluding hydrogens is 472 g/mol. The molecule has 0 aromatic heterocycles. The SMILES string of the molecule is CCCC(C)NC(=O)C(c1ccc(C)c(C)c1)N(C(=O)C(CCC(N)=O)NC(=O)OC(C)(C)C)C(C)C. The second-order valence-electron chi connectivity index (χ2n) is 11.0. The third-order valence-corrected chi connectivity index (χ3v) is 5.96. The molecule has 0 fully saturated rings. The summed E-state index contributed by atoms with van der Waals surface area (Å²) in [5.74, 6) is -1.41. The lowest BCUT2D eigenvalue weighted by atomic mass is 9.96. The Labute approximate surface area is 221 Å². The van der Waals surface area contributed by atoms with E-state index in [2.05, 4.69) is 10.6 Å². The Morgan fingerprint density at radius 2 is 1.62 bits per heavy atom. The van der Waals surface area contributed by atoms with Crippen molar-refractivity contribution >= 4 is 23.8 Å². The second-order valence-corrected chi connectivity index (χ2v) is 11.0. The van der Waals surface area contributed by atoms with Crippen molar-refractivity contribution in [3.63, 3.8) is 0 Å². The molecule has 0 saturated carbocycles. The number of nitrogens with zero attached hydrogens (tertiary/aromatic N) is 1. The van der Waals surface area contributed by atoms with Crippen LogP contribution >= 0.6 is 0 Å². The highest BCUT2D eigenvalue weighted by atomic mass is 16.6. The van der Waals surface area contributed by atoms with Gasteiger partial charge < -0.3 is 26.0 Å². The van der Waals surface area contributed by atoms with Crippen molar-refractivity contribution in [1.29, 1.82) is 0 Å². The number of nitrogens with one attached hydrogen (secondary N) is 2. The van der Waals surface area contributed by atoms with Crippen LogP contribution in [0.15, 0.2) is 18.2 Å². The highest BCUT2D eigenvalue weighted by molar-refractivity contribution is 5.92. The molecule has 0 aliphatic rings. The molecule has 4 N–H and O–H groups in total. The lowest BCUT2D eigenvalue weighted by Crippen LogP contribution is -2.55. The van der Waals surface area contributed by atoms with Gasteiger partial charge in [-0.1, -0.05) is 31.5 Å². The molecule has 0 saturated heterocycles. The van der Waals surface area contributed by atoms with Crippen LogP contribution in [0.3, 0.4) is 0 Å². The maximum Gasteiger partial charge on any atom is 0.408 e. The molecule has 0 bridgehead atoms. The Bertz CT molecular complexity index is 954. The Morgan fingerprint density at radius 3 is 2.11 bits per heavy atom. The summed E-state index contributed by atoms with van der Waals surface area (Å²) >= 11 is 0. The molecule has 9 heteroatoms. The molecule has 0 heterocycles. The standard InChI is InChI=1S/C28H46N4O5/c1-10-11-20(6)30-25(34)24(21-13-12-18(4)19(5)16-21)32(17(2)3)26(35)22(14-15-23(29)33)31-27(36)37-28(7,8)9/h12-13,16-17,20,22,24H,10-11,14-15H2,1-9H3,(H2,29,33)(H,30,34)(H,31,36). The van der Waals surface area contributed by atoms with Crippen LogP contribution in [0.25, 0.3) is 0 Å². The van der Waals surface area contributed by atoms with E-state index >= 15 is 0 Å². The maximum absolute atomic E-state index is 14.0. The summed E-state index contributed by atoms with van der Waals surface area (Å²) in [5, 5.41) is 5.64. The van der Waals surface area contributed by atoms with Crippen LogP contribution in [0.5, 0.6) is 0 Å². The minimum atomic E-state index is -1.11. The van der Waals surface area contributed by atoms with Gasteiger partial charge in [0, 0.05) is 18.5 Å². The number of benzene rings is 1. The summed E-state index contributed by atoms with van der Waals surface area (Å²) in [7, 11) is 0. The van der Waals surface area contributed by atoms with Crippen LogP contribution in [-0.4, -0.2) is 52.4 Å². The average Bonchev–Trinajstić information content (AvgIpc) is 2.74. The minimum absolute atomic E-state index is 0.0237. The molecular formula is C28H46N4O5. The molecule has 0 spiro atoms. The number of ether oxygens (including phenoxy) is 1. The average molecular weight is 519 g/mol. The zero-order valence-corrected chi connectivity index (χ0v) is 23.9. The smallest absolute Gasteiger partial charge is 0.408 e. The topological polar surface area (TPSA) is 131 Å².